The van der Waals surface area contributed by atoms with Crippen molar-refractivity contribution in [2.75, 3.05) is 28.7 Å². The van der Waals surface area contributed by atoms with Gasteiger partial charge in [0.05, 0.1) is 24.6 Å². The average Bonchev–Trinajstić information content (AvgIpc) is 2.74. The monoisotopic (exact) mass is 467 g/mol. The normalized spacial score (nSPS) is 10.9. The van der Waals surface area contributed by atoms with Crippen LogP contribution in [0.2, 0.25) is 0 Å². The summed E-state index contributed by atoms with van der Waals surface area (Å²) in [7, 11) is -2.04. The van der Waals surface area contributed by atoms with Gasteiger partial charge in [0.25, 0.3) is 5.91 Å². The lowest BCUT2D eigenvalue weighted by Crippen LogP contribution is -2.18. The maximum Gasteiger partial charge on any atom is 0.257 e. The van der Waals surface area contributed by atoms with E-state index in [2.05, 4.69) is 15.4 Å². The van der Waals surface area contributed by atoms with Crippen molar-refractivity contribution < 1.29 is 22.7 Å². The molecule has 0 heterocycles. The molecule has 0 radical (unpaired) electrons. The van der Waals surface area contributed by atoms with Gasteiger partial charge < -0.3 is 15.4 Å². The van der Waals surface area contributed by atoms with E-state index in [0.29, 0.717) is 23.5 Å². The first-order valence-electron chi connectivity index (χ1n) is 10.1. The zero-order valence-corrected chi connectivity index (χ0v) is 19.3. The highest BCUT2D eigenvalue weighted by molar-refractivity contribution is 7.92. The lowest BCUT2D eigenvalue weighted by atomic mass is 10.0. The van der Waals surface area contributed by atoms with Gasteiger partial charge in [-0.25, -0.2) is 8.42 Å². The van der Waals surface area contributed by atoms with Crippen LogP contribution in [0.25, 0.3) is 0 Å². The van der Waals surface area contributed by atoms with Crippen molar-refractivity contribution in [3.8, 4) is 5.75 Å². The molecule has 9 heteroatoms. The van der Waals surface area contributed by atoms with Crippen LogP contribution in [0.1, 0.15) is 28.4 Å². The minimum Gasteiger partial charge on any atom is -0.496 e. The maximum absolute atomic E-state index is 13.1. The van der Waals surface area contributed by atoms with Crippen LogP contribution in [0.5, 0.6) is 5.75 Å². The van der Waals surface area contributed by atoms with E-state index in [1.54, 1.807) is 19.2 Å². The number of ether oxygens (including phenoxy) is 1. The molecule has 0 atom stereocenters. The third-order valence-corrected chi connectivity index (χ3v) is 5.25. The molecular formula is C24H25N3O5S. The van der Waals surface area contributed by atoms with E-state index >= 15 is 0 Å². The predicted octanol–water partition coefficient (Wildman–Crippen LogP) is 3.87. The molecule has 0 unspecified atom stereocenters. The summed E-state index contributed by atoms with van der Waals surface area (Å²) in [6.45, 7) is 1.34. The van der Waals surface area contributed by atoms with Gasteiger partial charge in [-0.05, 0) is 42.0 Å². The van der Waals surface area contributed by atoms with Crippen LogP contribution in [0, 0.1) is 0 Å². The molecule has 2 amide bonds. The zero-order chi connectivity index (χ0) is 24.0. The summed E-state index contributed by atoms with van der Waals surface area (Å²) in [6.07, 6.45) is 1.60. The molecule has 0 saturated heterocycles. The number of anilines is 3. The number of rotatable bonds is 8. The van der Waals surface area contributed by atoms with Crippen molar-refractivity contribution in [2.45, 2.75) is 13.3 Å². The van der Waals surface area contributed by atoms with Crippen LogP contribution < -0.4 is 20.1 Å². The number of benzene rings is 3. The van der Waals surface area contributed by atoms with Crippen molar-refractivity contribution >= 4 is 38.9 Å². The highest BCUT2D eigenvalue weighted by Gasteiger charge is 2.17. The average molecular weight is 468 g/mol. The van der Waals surface area contributed by atoms with Gasteiger partial charge >= 0.3 is 0 Å². The number of nitrogens with one attached hydrogen (secondary N) is 3. The lowest BCUT2D eigenvalue weighted by molar-refractivity contribution is -0.114. The Balaban J connectivity index is 1.92. The van der Waals surface area contributed by atoms with Gasteiger partial charge in [-0.1, -0.05) is 30.3 Å². The highest BCUT2D eigenvalue weighted by atomic mass is 32.2. The molecule has 33 heavy (non-hydrogen) atoms. The van der Waals surface area contributed by atoms with E-state index in [1.807, 2.05) is 36.4 Å². The molecule has 0 spiro atoms. The van der Waals surface area contributed by atoms with Gasteiger partial charge in [0, 0.05) is 30.3 Å². The molecule has 3 aromatic carbocycles. The van der Waals surface area contributed by atoms with Crippen LogP contribution in [0.4, 0.5) is 17.1 Å². The summed E-state index contributed by atoms with van der Waals surface area (Å²) in [6, 6.07) is 19.5. The fourth-order valence-corrected chi connectivity index (χ4v) is 3.89. The topological polar surface area (TPSA) is 114 Å². The first-order valence-corrected chi connectivity index (χ1v) is 12.0. The van der Waals surface area contributed by atoms with Crippen LogP contribution in [-0.4, -0.2) is 33.6 Å². The molecule has 172 valence electrons. The molecular weight excluding hydrogens is 442 g/mol. The molecule has 0 aromatic heterocycles. The number of hydrogen-bond acceptors (Lipinski definition) is 5. The van der Waals surface area contributed by atoms with Crippen LogP contribution in [0.3, 0.4) is 0 Å². The van der Waals surface area contributed by atoms with Gasteiger partial charge in [0.15, 0.2) is 0 Å². The predicted molar refractivity (Wildman–Crippen MR) is 129 cm³/mol. The Morgan fingerprint density at radius 1 is 0.909 bits per heavy atom. The first kappa shape index (κ1) is 23.8. The highest BCUT2D eigenvalue weighted by Crippen LogP contribution is 2.27. The largest absolute Gasteiger partial charge is 0.496 e. The summed E-state index contributed by atoms with van der Waals surface area (Å²) in [5.74, 6) is -0.168. The molecule has 3 rings (SSSR count). The summed E-state index contributed by atoms with van der Waals surface area (Å²) in [5.41, 5.74) is 3.01. The van der Waals surface area contributed by atoms with Crippen molar-refractivity contribution in [3.05, 3.63) is 83.4 Å². The zero-order valence-electron chi connectivity index (χ0n) is 18.5. The fraction of sp³-hybridized carbons (Fsp3) is 0.167. The molecule has 0 aliphatic rings. The molecule has 0 saturated carbocycles. The number of carbonyl (C=O) groups excluding carboxylic acids is 2. The van der Waals surface area contributed by atoms with Crippen molar-refractivity contribution in [1.29, 1.82) is 0 Å². The number of methoxy groups -OCH3 is 1. The Kier molecular flexibility index (Phi) is 7.34. The third-order valence-electron chi connectivity index (χ3n) is 4.66. The van der Waals surface area contributed by atoms with Crippen LogP contribution in [0.15, 0.2) is 66.7 Å². The van der Waals surface area contributed by atoms with Gasteiger partial charge in [0.2, 0.25) is 15.9 Å². The Hall–Kier alpha value is -3.85. The fourth-order valence-electron chi connectivity index (χ4n) is 3.31. The summed E-state index contributed by atoms with van der Waals surface area (Å²) in [5, 5.41) is 5.39. The smallest absolute Gasteiger partial charge is 0.257 e. The lowest BCUT2D eigenvalue weighted by Gasteiger charge is -2.15. The molecule has 0 bridgehead atoms. The number of sulfonamides is 1. The second-order valence-corrected chi connectivity index (χ2v) is 9.21. The quantitative estimate of drug-likeness (QED) is 0.465. The van der Waals surface area contributed by atoms with Crippen molar-refractivity contribution in [3.63, 3.8) is 0 Å². The second-order valence-electron chi connectivity index (χ2n) is 7.46. The van der Waals surface area contributed by atoms with E-state index in [1.165, 1.54) is 25.1 Å². The van der Waals surface area contributed by atoms with Gasteiger partial charge in [-0.15, -0.1) is 0 Å². The summed E-state index contributed by atoms with van der Waals surface area (Å²) >= 11 is 0. The van der Waals surface area contributed by atoms with E-state index in [9.17, 15) is 18.0 Å². The maximum atomic E-state index is 13.1. The number of carbonyl (C=O) groups is 2. The molecule has 0 aliphatic heterocycles. The third kappa shape index (κ3) is 6.81. The van der Waals surface area contributed by atoms with E-state index < -0.39 is 15.9 Å². The molecule has 3 N–H and O–H groups in total. The molecule has 0 aliphatic carbocycles. The Morgan fingerprint density at radius 2 is 1.58 bits per heavy atom. The Labute approximate surface area is 193 Å². The molecule has 0 fully saturated rings. The van der Waals surface area contributed by atoms with E-state index in [4.69, 9.17) is 4.74 Å². The SMILES string of the molecule is COc1ccc(NC(=O)c2cc(NC(C)=O)ccc2NS(C)(=O)=O)cc1Cc1ccccc1. The first-order chi connectivity index (χ1) is 15.6. The van der Waals surface area contributed by atoms with Gasteiger partial charge in [-0.3, -0.25) is 14.3 Å². The van der Waals surface area contributed by atoms with Crippen molar-refractivity contribution in [1.82, 2.24) is 0 Å². The molecule has 8 nitrogen and oxygen atoms in total. The minimum atomic E-state index is -3.63. The minimum absolute atomic E-state index is 0.0621. The molecule has 3 aromatic rings. The summed E-state index contributed by atoms with van der Waals surface area (Å²) < 4.78 is 31.3. The van der Waals surface area contributed by atoms with Crippen LogP contribution in [-0.2, 0) is 21.2 Å². The second kappa shape index (κ2) is 10.2. The van der Waals surface area contributed by atoms with Crippen LogP contribution >= 0.6 is 0 Å². The van der Waals surface area contributed by atoms with Gasteiger partial charge in [0.1, 0.15) is 5.75 Å². The number of amides is 2. The summed E-state index contributed by atoms with van der Waals surface area (Å²) in [4.78, 5) is 24.5. The standard InChI is InChI=1S/C24H25N3O5S/c1-16(28)25-20-9-11-22(27-33(3,30)31)21(15-20)24(29)26-19-10-12-23(32-2)18(14-19)13-17-7-5-4-6-8-17/h4-12,14-15,27H,13H2,1-3H3,(H,25,28)(H,26,29). The Bertz CT molecular complexity index is 1270. The Morgan fingerprint density at radius 3 is 2.21 bits per heavy atom. The number of hydrogen-bond donors (Lipinski definition) is 3. The van der Waals surface area contributed by atoms with Gasteiger partial charge in [-0.2, -0.15) is 0 Å². The van der Waals surface area contributed by atoms with Crippen molar-refractivity contribution in [2.24, 2.45) is 0 Å². The van der Waals surface area contributed by atoms with E-state index in [-0.39, 0.29) is 17.2 Å². The van der Waals surface area contributed by atoms with E-state index in [0.717, 1.165) is 17.4 Å².